The Labute approximate surface area is 114 Å². The summed E-state index contributed by atoms with van der Waals surface area (Å²) in [5, 5.41) is 14.9. The molecule has 0 saturated carbocycles. The summed E-state index contributed by atoms with van der Waals surface area (Å²) in [7, 11) is 1.82. The maximum absolute atomic E-state index is 12.1. The van der Waals surface area contributed by atoms with Gasteiger partial charge < -0.3 is 5.32 Å². The summed E-state index contributed by atoms with van der Waals surface area (Å²) in [6.45, 7) is 2.00. The van der Waals surface area contributed by atoms with E-state index in [-0.39, 0.29) is 11.6 Å². The summed E-state index contributed by atoms with van der Waals surface area (Å²) in [6, 6.07) is 0. The monoisotopic (exact) mass is 271 g/mol. The van der Waals surface area contributed by atoms with Gasteiger partial charge in [0.05, 0.1) is 17.3 Å². The normalized spacial score (nSPS) is 10.9. The van der Waals surface area contributed by atoms with Crippen LogP contribution in [0.25, 0.3) is 11.0 Å². The first-order valence-corrected chi connectivity index (χ1v) is 6.18. The van der Waals surface area contributed by atoms with Crippen LogP contribution < -0.4 is 5.32 Å². The lowest BCUT2D eigenvalue weighted by atomic mass is 10.2. The van der Waals surface area contributed by atoms with Crippen LogP contribution in [0.5, 0.6) is 0 Å². The lowest BCUT2D eigenvalue weighted by Crippen LogP contribution is -2.14. The van der Waals surface area contributed by atoms with Crippen molar-refractivity contribution in [2.75, 3.05) is 5.32 Å². The smallest absolute Gasteiger partial charge is 0.277 e. The molecule has 3 aromatic rings. The number of amides is 1. The van der Waals surface area contributed by atoms with E-state index in [9.17, 15) is 4.79 Å². The van der Waals surface area contributed by atoms with Gasteiger partial charge in [-0.2, -0.15) is 10.2 Å². The van der Waals surface area contributed by atoms with Gasteiger partial charge in [-0.25, -0.2) is 9.67 Å². The minimum absolute atomic E-state index is 0.247. The summed E-state index contributed by atoms with van der Waals surface area (Å²) in [4.78, 5) is 19.9. The first-order valence-electron chi connectivity index (χ1n) is 6.18. The number of hydrogen-bond acceptors (Lipinski definition) is 5. The highest BCUT2D eigenvalue weighted by Gasteiger charge is 2.17. The van der Waals surface area contributed by atoms with Crippen LogP contribution in [0, 0.1) is 0 Å². The largest absolute Gasteiger partial charge is 0.305 e. The Hall–Kier alpha value is -2.77. The third-order valence-electron chi connectivity index (χ3n) is 2.98. The number of rotatable bonds is 3. The highest BCUT2D eigenvalue weighted by atomic mass is 16.2. The van der Waals surface area contributed by atoms with Crippen LogP contribution >= 0.6 is 0 Å². The summed E-state index contributed by atoms with van der Waals surface area (Å²) in [5.41, 5.74) is 1.83. The van der Waals surface area contributed by atoms with Crippen molar-refractivity contribution in [1.82, 2.24) is 29.9 Å². The molecule has 8 nitrogen and oxygen atoms in total. The van der Waals surface area contributed by atoms with E-state index in [0.29, 0.717) is 11.5 Å². The van der Waals surface area contributed by atoms with Crippen molar-refractivity contribution in [2.45, 2.75) is 13.3 Å². The first-order chi connectivity index (χ1) is 9.70. The zero-order chi connectivity index (χ0) is 14.1. The summed E-state index contributed by atoms with van der Waals surface area (Å²) < 4.78 is 1.68. The number of carbonyl (C=O) groups excluding carboxylic acids is 1. The van der Waals surface area contributed by atoms with E-state index in [1.54, 1.807) is 4.68 Å². The van der Waals surface area contributed by atoms with Crippen molar-refractivity contribution >= 4 is 22.8 Å². The molecular formula is C12H13N7O. The molecule has 0 aliphatic carbocycles. The van der Waals surface area contributed by atoms with E-state index in [0.717, 1.165) is 17.5 Å². The molecule has 0 atom stereocenters. The van der Waals surface area contributed by atoms with Gasteiger partial charge in [-0.05, 0) is 6.42 Å². The maximum Gasteiger partial charge on any atom is 0.277 e. The molecule has 102 valence electrons. The van der Waals surface area contributed by atoms with Crippen molar-refractivity contribution in [3.63, 3.8) is 0 Å². The second-order valence-corrected chi connectivity index (χ2v) is 4.27. The predicted molar refractivity (Wildman–Crippen MR) is 72.2 cm³/mol. The van der Waals surface area contributed by atoms with Crippen LogP contribution in [0.4, 0.5) is 5.82 Å². The van der Waals surface area contributed by atoms with Gasteiger partial charge in [-0.15, -0.1) is 0 Å². The van der Waals surface area contributed by atoms with Gasteiger partial charge in [0.2, 0.25) is 0 Å². The van der Waals surface area contributed by atoms with Crippen LogP contribution in [0.1, 0.15) is 23.1 Å². The Balaban J connectivity index is 1.97. The lowest BCUT2D eigenvalue weighted by Gasteiger charge is -2.01. The molecule has 0 aliphatic heterocycles. The Morgan fingerprint density at radius 2 is 2.30 bits per heavy atom. The molecule has 0 saturated heterocycles. The fourth-order valence-corrected chi connectivity index (χ4v) is 2.05. The van der Waals surface area contributed by atoms with Crippen LogP contribution in [-0.2, 0) is 13.5 Å². The van der Waals surface area contributed by atoms with Gasteiger partial charge in [0.15, 0.2) is 5.65 Å². The molecule has 20 heavy (non-hydrogen) atoms. The SMILES string of the molecule is CCc1nn(C)c2n[nH]c(NC(=O)c3cnccn3)c12. The van der Waals surface area contributed by atoms with Crippen LogP contribution in [0.15, 0.2) is 18.6 Å². The van der Waals surface area contributed by atoms with Crippen molar-refractivity contribution in [1.29, 1.82) is 0 Å². The topological polar surface area (TPSA) is 101 Å². The minimum atomic E-state index is -0.338. The number of aryl methyl sites for hydroxylation is 2. The van der Waals surface area contributed by atoms with E-state index in [4.69, 9.17) is 0 Å². The molecule has 3 aromatic heterocycles. The highest BCUT2D eigenvalue weighted by molar-refractivity contribution is 6.06. The Kier molecular flexibility index (Phi) is 2.90. The summed E-state index contributed by atoms with van der Waals surface area (Å²) in [6.07, 6.45) is 5.15. The Bertz CT molecular complexity index is 759. The third kappa shape index (κ3) is 1.91. The molecule has 0 fully saturated rings. The number of fused-ring (bicyclic) bond motifs is 1. The highest BCUT2D eigenvalue weighted by Crippen LogP contribution is 2.24. The summed E-state index contributed by atoms with van der Waals surface area (Å²) >= 11 is 0. The van der Waals surface area contributed by atoms with Crippen molar-refractivity contribution < 1.29 is 4.79 Å². The fourth-order valence-electron chi connectivity index (χ4n) is 2.05. The predicted octanol–water partition coefficient (Wildman–Crippen LogP) is 0.901. The molecule has 0 spiro atoms. The van der Waals surface area contributed by atoms with Crippen molar-refractivity contribution in [3.05, 3.63) is 30.0 Å². The maximum atomic E-state index is 12.1. The molecule has 0 aliphatic rings. The Morgan fingerprint density at radius 3 is 3.00 bits per heavy atom. The van der Waals surface area contributed by atoms with Crippen LogP contribution in [0.2, 0.25) is 0 Å². The second-order valence-electron chi connectivity index (χ2n) is 4.27. The third-order valence-corrected chi connectivity index (χ3v) is 2.98. The van der Waals surface area contributed by atoms with E-state index >= 15 is 0 Å². The quantitative estimate of drug-likeness (QED) is 0.737. The van der Waals surface area contributed by atoms with E-state index in [2.05, 4.69) is 30.6 Å². The molecular weight excluding hydrogens is 258 g/mol. The van der Waals surface area contributed by atoms with Gasteiger partial charge in [-0.3, -0.25) is 14.9 Å². The first kappa shape index (κ1) is 12.3. The fraction of sp³-hybridized carbons (Fsp3) is 0.250. The number of carbonyl (C=O) groups is 1. The molecule has 0 unspecified atom stereocenters. The van der Waals surface area contributed by atoms with Crippen molar-refractivity contribution in [2.24, 2.45) is 7.05 Å². The number of H-pyrrole nitrogens is 1. The molecule has 0 radical (unpaired) electrons. The van der Waals surface area contributed by atoms with Gasteiger partial charge in [0.1, 0.15) is 11.5 Å². The van der Waals surface area contributed by atoms with Crippen LogP contribution in [-0.4, -0.2) is 35.9 Å². The number of nitrogens with one attached hydrogen (secondary N) is 2. The number of aromatic nitrogens is 6. The molecule has 1 amide bonds. The molecule has 8 heteroatoms. The number of hydrogen-bond donors (Lipinski definition) is 2. The molecule has 2 N–H and O–H groups in total. The molecule has 0 bridgehead atoms. The molecule has 3 heterocycles. The number of aromatic amines is 1. The minimum Gasteiger partial charge on any atom is -0.305 e. The number of anilines is 1. The number of nitrogens with zero attached hydrogens (tertiary/aromatic N) is 5. The Morgan fingerprint density at radius 1 is 1.45 bits per heavy atom. The average Bonchev–Trinajstić information content (AvgIpc) is 3.02. The van der Waals surface area contributed by atoms with E-state index in [1.165, 1.54) is 18.6 Å². The molecule has 0 aromatic carbocycles. The zero-order valence-corrected chi connectivity index (χ0v) is 11.1. The van der Waals surface area contributed by atoms with E-state index in [1.807, 2.05) is 14.0 Å². The van der Waals surface area contributed by atoms with Gasteiger partial charge in [0, 0.05) is 19.4 Å². The average molecular weight is 271 g/mol. The standard InChI is InChI=1S/C12H13N7O/c1-3-7-9-10(16-17-11(9)19(2)18-7)15-12(20)8-6-13-4-5-14-8/h4-6H,3H2,1-2H3,(H2,15,16,17,20). The van der Waals surface area contributed by atoms with Gasteiger partial charge in [0.25, 0.3) is 5.91 Å². The molecule has 3 rings (SSSR count). The van der Waals surface area contributed by atoms with Crippen LogP contribution in [0.3, 0.4) is 0 Å². The van der Waals surface area contributed by atoms with Gasteiger partial charge >= 0.3 is 0 Å². The summed E-state index contributed by atoms with van der Waals surface area (Å²) in [5.74, 6) is 0.190. The lowest BCUT2D eigenvalue weighted by molar-refractivity contribution is 0.102. The zero-order valence-electron chi connectivity index (χ0n) is 11.1. The second kappa shape index (κ2) is 4.72. The van der Waals surface area contributed by atoms with Gasteiger partial charge in [-0.1, -0.05) is 6.92 Å². The van der Waals surface area contributed by atoms with Crippen molar-refractivity contribution in [3.8, 4) is 0 Å². The van der Waals surface area contributed by atoms with E-state index < -0.39 is 0 Å².